The highest BCUT2D eigenvalue weighted by Gasteiger charge is 2.23. The second-order valence-corrected chi connectivity index (χ2v) is 4.22. The van der Waals surface area contributed by atoms with E-state index >= 15 is 0 Å². The van der Waals surface area contributed by atoms with Crippen LogP contribution in [0.25, 0.3) is 0 Å². The van der Waals surface area contributed by atoms with Crippen molar-refractivity contribution in [1.82, 2.24) is 0 Å². The lowest BCUT2D eigenvalue weighted by molar-refractivity contribution is -0.123. The summed E-state index contributed by atoms with van der Waals surface area (Å²) in [5, 5.41) is 10.0. The van der Waals surface area contributed by atoms with Gasteiger partial charge in [0.15, 0.2) is 0 Å². The van der Waals surface area contributed by atoms with Crippen molar-refractivity contribution in [2.75, 3.05) is 5.88 Å². The third kappa shape index (κ3) is 3.06. The SMILES string of the molecule is CCc1ccc([C@H](O)[C@@H](CCl)C(C)=O)cc1. The predicted molar refractivity (Wildman–Crippen MR) is 65.7 cm³/mol. The monoisotopic (exact) mass is 240 g/mol. The molecule has 3 heteroatoms. The summed E-state index contributed by atoms with van der Waals surface area (Å²) in [6.45, 7) is 3.53. The molecule has 0 unspecified atom stereocenters. The van der Waals surface area contributed by atoms with Crippen LogP contribution in [0.15, 0.2) is 24.3 Å². The van der Waals surface area contributed by atoms with E-state index < -0.39 is 12.0 Å². The van der Waals surface area contributed by atoms with Crippen molar-refractivity contribution in [1.29, 1.82) is 0 Å². The number of Topliss-reactive ketones (excluding diaryl/α,β-unsaturated/α-hetero) is 1. The molecule has 1 aromatic carbocycles. The normalized spacial score (nSPS) is 14.5. The van der Waals surface area contributed by atoms with Gasteiger partial charge in [-0.05, 0) is 24.5 Å². The molecule has 0 saturated heterocycles. The van der Waals surface area contributed by atoms with Gasteiger partial charge in [-0.2, -0.15) is 0 Å². The third-order valence-corrected chi connectivity index (χ3v) is 3.13. The molecule has 0 saturated carbocycles. The van der Waals surface area contributed by atoms with Gasteiger partial charge in [-0.25, -0.2) is 0 Å². The van der Waals surface area contributed by atoms with Crippen LogP contribution in [0.1, 0.15) is 31.1 Å². The van der Waals surface area contributed by atoms with Crippen LogP contribution in [-0.2, 0) is 11.2 Å². The van der Waals surface area contributed by atoms with Crippen molar-refractivity contribution in [2.45, 2.75) is 26.4 Å². The zero-order chi connectivity index (χ0) is 12.1. The van der Waals surface area contributed by atoms with Crippen LogP contribution in [-0.4, -0.2) is 16.8 Å². The molecule has 88 valence electrons. The van der Waals surface area contributed by atoms with Gasteiger partial charge < -0.3 is 5.11 Å². The van der Waals surface area contributed by atoms with Crippen LogP contribution in [0.2, 0.25) is 0 Å². The predicted octanol–water partition coefficient (Wildman–Crippen LogP) is 2.73. The van der Waals surface area contributed by atoms with Crippen LogP contribution >= 0.6 is 11.6 Å². The molecule has 0 amide bonds. The van der Waals surface area contributed by atoms with Gasteiger partial charge in [0.1, 0.15) is 5.78 Å². The highest BCUT2D eigenvalue weighted by molar-refractivity contribution is 6.19. The molecule has 0 aromatic heterocycles. The Morgan fingerprint density at radius 2 is 1.94 bits per heavy atom. The molecule has 0 aliphatic rings. The fraction of sp³-hybridized carbons (Fsp3) is 0.462. The van der Waals surface area contributed by atoms with Crippen LogP contribution in [0.5, 0.6) is 0 Å². The smallest absolute Gasteiger partial charge is 0.137 e. The molecule has 0 fully saturated rings. The Morgan fingerprint density at radius 1 is 1.38 bits per heavy atom. The summed E-state index contributed by atoms with van der Waals surface area (Å²) in [6.07, 6.45) is 0.156. The summed E-state index contributed by atoms with van der Waals surface area (Å²) in [6, 6.07) is 7.63. The van der Waals surface area contributed by atoms with E-state index in [4.69, 9.17) is 11.6 Å². The van der Waals surface area contributed by atoms with E-state index in [-0.39, 0.29) is 11.7 Å². The maximum absolute atomic E-state index is 11.3. The van der Waals surface area contributed by atoms with Gasteiger partial charge in [0, 0.05) is 5.88 Å². The average Bonchev–Trinajstić information content (AvgIpc) is 2.29. The zero-order valence-corrected chi connectivity index (χ0v) is 10.4. The van der Waals surface area contributed by atoms with Crippen molar-refractivity contribution >= 4 is 17.4 Å². The number of benzene rings is 1. The maximum Gasteiger partial charge on any atom is 0.137 e. The van der Waals surface area contributed by atoms with Crippen LogP contribution in [0, 0.1) is 5.92 Å². The molecule has 1 N–H and O–H groups in total. The number of aliphatic hydroxyl groups excluding tert-OH is 1. The van der Waals surface area contributed by atoms with Gasteiger partial charge >= 0.3 is 0 Å². The largest absolute Gasteiger partial charge is 0.388 e. The molecule has 2 nitrogen and oxygen atoms in total. The van der Waals surface area contributed by atoms with Crippen molar-refractivity contribution in [2.24, 2.45) is 5.92 Å². The van der Waals surface area contributed by atoms with Crippen molar-refractivity contribution in [3.05, 3.63) is 35.4 Å². The van der Waals surface area contributed by atoms with Gasteiger partial charge in [0.05, 0.1) is 12.0 Å². The third-order valence-electron chi connectivity index (χ3n) is 2.80. The number of rotatable bonds is 5. The van der Waals surface area contributed by atoms with E-state index in [1.807, 2.05) is 24.3 Å². The van der Waals surface area contributed by atoms with E-state index in [0.29, 0.717) is 0 Å². The van der Waals surface area contributed by atoms with Gasteiger partial charge in [0.25, 0.3) is 0 Å². The number of alkyl halides is 1. The Bertz CT molecular complexity index is 345. The second-order valence-electron chi connectivity index (χ2n) is 3.91. The molecule has 16 heavy (non-hydrogen) atoms. The van der Waals surface area contributed by atoms with Crippen LogP contribution in [0.4, 0.5) is 0 Å². The zero-order valence-electron chi connectivity index (χ0n) is 9.61. The molecule has 0 radical (unpaired) electrons. The first-order chi connectivity index (χ1) is 7.60. The Hall–Kier alpha value is -0.860. The quantitative estimate of drug-likeness (QED) is 0.804. The van der Waals surface area contributed by atoms with Crippen molar-refractivity contribution < 1.29 is 9.90 Å². The first-order valence-electron chi connectivity index (χ1n) is 5.43. The van der Waals surface area contributed by atoms with Gasteiger partial charge in [-0.1, -0.05) is 31.2 Å². The summed E-state index contributed by atoms with van der Waals surface area (Å²) in [7, 11) is 0. The number of carbonyl (C=O) groups excluding carboxylic acids is 1. The highest BCUT2D eigenvalue weighted by Crippen LogP contribution is 2.24. The molecule has 0 aliphatic carbocycles. The fourth-order valence-electron chi connectivity index (χ4n) is 1.60. The highest BCUT2D eigenvalue weighted by atomic mass is 35.5. The minimum atomic E-state index is -0.805. The molecule has 0 spiro atoms. The summed E-state index contributed by atoms with van der Waals surface area (Å²) in [4.78, 5) is 11.3. The van der Waals surface area contributed by atoms with Crippen LogP contribution in [0.3, 0.4) is 0 Å². The van der Waals surface area contributed by atoms with Crippen molar-refractivity contribution in [3.63, 3.8) is 0 Å². The Balaban J connectivity index is 2.86. The fourth-order valence-corrected chi connectivity index (χ4v) is 1.98. The lowest BCUT2D eigenvalue weighted by Crippen LogP contribution is -2.21. The molecule has 0 bridgehead atoms. The van der Waals surface area contributed by atoms with E-state index in [0.717, 1.165) is 12.0 Å². The summed E-state index contributed by atoms with van der Waals surface area (Å²) in [5.74, 6) is -0.456. The van der Waals surface area contributed by atoms with Crippen LogP contribution < -0.4 is 0 Å². The minimum Gasteiger partial charge on any atom is -0.388 e. The average molecular weight is 241 g/mol. The standard InChI is InChI=1S/C13H17ClO2/c1-3-10-4-6-11(7-5-10)13(16)12(8-14)9(2)15/h4-7,12-13,16H,3,8H2,1-2H3/t12-,13-/m0/s1. The number of ketones is 1. The first-order valence-corrected chi connectivity index (χ1v) is 5.97. The Labute approximate surface area is 101 Å². The Morgan fingerprint density at radius 3 is 2.31 bits per heavy atom. The molecule has 2 atom stereocenters. The Kier molecular flexibility index (Phi) is 4.97. The topological polar surface area (TPSA) is 37.3 Å². The lowest BCUT2D eigenvalue weighted by atomic mass is 9.93. The second kappa shape index (κ2) is 6.02. The molecular formula is C13H17ClO2. The molecule has 1 rings (SSSR count). The lowest BCUT2D eigenvalue weighted by Gasteiger charge is -2.18. The van der Waals surface area contributed by atoms with E-state index in [2.05, 4.69) is 6.92 Å². The minimum absolute atomic E-state index is 0.0814. The molecule has 0 aliphatic heterocycles. The molecular weight excluding hydrogens is 224 g/mol. The van der Waals surface area contributed by atoms with Gasteiger partial charge in [-0.3, -0.25) is 4.79 Å². The molecule has 0 heterocycles. The van der Waals surface area contributed by atoms with Gasteiger partial charge in [-0.15, -0.1) is 11.6 Å². The first kappa shape index (κ1) is 13.2. The number of hydrogen-bond acceptors (Lipinski definition) is 2. The molecule has 1 aromatic rings. The summed E-state index contributed by atoms with van der Waals surface area (Å²) >= 11 is 5.69. The number of halogens is 1. The van der Waals surface area contributed by atoms with Crippen molar-refractivity contribution in [3.8, 4) is 0 Å². The van der Waals surface area contributed by atoms with E-state index in [1.165, 1.54) is 12.5 Å². The number of carbonyl (C=O) groups is 1. The summed E-state index contributed by atoms with van der Waals surface area (Å²) in [5.41, 5.74) is 1.96. The maximum atomic E-state index is 11.3. The summed E-state index contributed by atoms with van der Waals surface area (Å²) < 4.78 is 0. The van der Waals surface area contributed by atoms with E-state index in [1.54, 1.807) is 0 Å². The van der Waals surface area contributed by atoms with E-state index in [9.17, 15) is 9.90 Å². The number of aliphatic hydroxyl groups is 1. The number of hydrogen-bond donors (Lipinski definition) is 1. The van der Waals surface area contributed by atoms with Gasteiger partial charge in [0.2, 0.25) is 0 Å². The number of aryl methyl sites for hydroxylation is 1.